The standard InChI is InChI=1S/C13H13F2NS/c1-9-5-6-11(17-9)8-16-7-10-3-2-4-12(14)13(10)15/h2-6,16H,7-8H2,1H3. The molecule has 0 saturated carbocycles. The van der Waals surface area contributed by atoms with Gasteiger partial charge in [-0.3, -0.25) is 0 Å². The Hall–Kier alpha value is -1.26. The lowest BCUT2D eigenvalue weighted by molar-refractivity contribution is 0.493. The Balaban J connectivity index is 1.92. The van der Waals surface area contributed by atoms with Crippen molar-refractivity contribution in [2.24, 2.45) is 0 Å². The molecule has 0 aliphatic heterocycles. The summed E-state index contributed by atoms with van der Waals surface area (Å²) in [5, 5.41) is 3.10. The molecule has 0 unspecified atom stereocenters. The zero-order chi connectivity index (χ0) is 12.3. The third kappa shape index (κ3) is 3.11. The molecule has 0 amide bonds. The Morgan fingerprint density at radius 2 is 1.94 bits per heavy atom. The van der Waals surface area contributed by atoms with Crippen LogP contribution in [0.1, 0.15) is 15.3 Å². The average molecular weight is 253 g/mol. The summed E-state index contributed by atoms with van der Waals surface area (Å²) in [6.45, 7) is 3.05. The minimum Gasteiger partial charge on any atom is -0.308 e. The average Bonchev–Trinajstić information content (AvgIpc) is 2.70. The summed E-state index contributed by atoms with van der Waals surface area (Å²) in [5.74, 6) is -1.56. The molecule has 1 N–H and O–H groups in total. The fourth-order valence-corrected chi connectivity index (χ4v) is 2.45. The number of benzene rings is 1. The maximum absolute atomic E-state index is 13.3. The summed E-state index contributed by atoms with van der Waals surface area (Å²) in [5.41, 5.74) is 0.360. The van der Waals surface area contributed by atoms with Crippen LogP contribution < -0.4 is 5.32 Å². The Bertz CT molecular complexity index is 508. The van der Waals surface area contributed by atoms with Crippen LogP contribution in [0, 0.1) is 18.6 Å². The molecule has 2 rings (SSSR count). The monoisotopic (exact) mass is 253 g/mol. The third-order valence-corrected chi connectivity index (χ3v) is 3.44. The van der Waals surface area contributed by atoms with Crippen LogP contribution in [0.3, 0.4) is 0 Å². The number of halogens is 2. The molecule has 0 atom stereocenters. The molecule has 0 bridgehead atoms. The van der Waals surface area contributed by atoms with Crippen LogP contribution in [0.5, 0.6) is 0 Å². The van der Waals surface area contributed by atoms with Crippen molar-refractivity contribution in [2.75, 3.05) is 0 Å². The lowest BCUT2D eigenvalue weighted by Crippen LogP contribution is -2.13. The van der Waals surface area contributed by atoms with Crippen molar-refractivity contribution < 1.29 is 8.78 Å². The number of nitrogens with one attached hydrogen (secondary N) is 1. The predicted molar refractivity (Wildman–Crippen MR) is 66.0 cm³/mol. The highest BCUT2D eigenvalue weighted by Gasteiger charge is 2.06. The highest BCUT2D eigenvalue weighted by molar-refractivity contribution is 7.11. The molecule has 0 radical (unpaired) electrons. The van der Waals surface area contributed by atoms with Gasteiger partial charge in [-0.2, -0.15) is 0 Å². The Morgan fingerprint density at radius 3 is 2.65 bits per heavy atom. The molecule has 1 heterocycles. The molecule has 0 saturated heterocycles. The molecular weight excluding hydrogens is 240 g/mol. The number of aryl methyl sites for hydroxylation is 1. The minimum absolute atomic E-state index is 0.334. The van der Waals surface area contributed by atoms with E-state index in [2.05, 4.69) is 5.32 Å². The summed E-state index contributed by atoms with van der Waals surface area (Å²) in [4.78, 5) is 2.44. The first-order chi connectivity index (χ1) is 8.16. The van der Waals surface area contributed by atoms with Crippen molar-refractivity contribution >= 4 is 11.3 Å². The molecular formula is C13H13F2NS. The van der Waals surface area contributed by atoms with Gasteiger partial charge in [0.05, 0.1) is 0 Å². The fourth-order valence-electron chi connectivity index (χ4n) is 1.59. The fraction of sp³-hybridized carbons (Fsp3) is 0.231. The van der Waals surface area contributed by atoms with Crippen molar-refractivity contribution in [2.45, 2.75) is 20.0 Å². The number of hydrogen-bond acceptors (Lipinski definition) is 2. The predicted octanol–water partition coefficient (Wildman–Crippen LogP) is 3.62. The van der Waals surface area contributed by atoms with E-state index in [9.17, 15) is 8.78 Å². The molecule has 1 aromatic carbocycles. The Labute approximate surface area is 103 Å². The summed E-state index contributed by atoms with van der Waals surface area (Å²) in [7, 11) is 0. The van der Waals surface area contributed by atoms with Crippen LogP contribution >= 0.6 is 11.3 Å². The maximum atomic E-state index is 13.3. The van der Waals surface area contributed by atoms with E-state index in [1.807, 2.05) is 19.1 Å². The minimum atomic E-state index is -0.795. The third-order valence-electron chi connectivity index (χ3n) is 2.44. The van der Waals surface area contributed by atoms with E-state index in [1.165, 1.54) is 15.8 Å². The molecule has 0 spiro atoms. The molecule has 2 aromatic rings. The van der Waals surface area contributed by atoms with Crippen LogP contribution in [-0.4, -0.2) is 0 Å². The molecule has 0 aliphatic carbocycles. The van der Waals surface area contributed by atoms with Crippen LogP contribution in [-0.2, 0) is 13.1 Å². The van der Waals surface area contributed by atoms with E-state index in [0.717, 1.165) is 6.07 Å². The van der Waals surface area contributed by atoms with Crippen molar-refractivity contribution in [3.63, 3.8) is 0 Å². The van der Waals surface area contributed by atoms with Crippen molar-refractivity contribution in [3.8, 4) is 0 Å². The van der Waals surface area contributed by atoms with Gasteiger partial charge in [-0.1, -0.05) is 12.1 Å². The van der Waals surface area contributed by atoms with Gasteiger partial charge in [-0.15, -0.1) is 11.3 Å². The van der Waals surface area contributed by atoms with Gasteiger partial charge >= 0.3 is 0 Å². The summed E-state index contributed by atoms with van der Waals surface area (Å²) >= 11 is 1.70. The largest absolute Gasteiger partial charge is 0.308 e. The highest BCUT2D eigenvalue weighted by Crippen LogP contribution is 2.15. The summed E-state index contributed by atoms with van der Waals surface area (Å²) in [6.07, 6.45) is 0. The van der Waals surface area contributed by atoms with Crippen LogP contribution in [0.4, 0.5) is 8.78 Å². The zero-order valence-electron chi connectivity index (χ0n) is 9.47. The maximum Gasteiger partial charge on any atom is 0.163 e. The van der Waals surface area contributed by atoms with Gasteiger partial charge < -0.3 is 5.32 Å². The highest BCUT2D eigenvalue weighted by atomic mass is 32.1. The van der Waals surface area contributed by atoms with Crippen LogP contribution in [0.2, 0.25) is 0 Å². The molecule has 17 heavy (non-hydrogen) atoms. The molecule has 1 aromatic heterocycles. The smallest absolute Gasteiger partial charge is 0.163 e. The molecule has 0 fully saturated rings. The normalized spacial score (nSPS) is 10.8. The lowest BCUT2D eigenvalue weighted by atomic mass is 10.2. The Morgan fingerprint density at radius 1 is 1.12 bits per heavy atom. The molecule has 4 heteroatoms. The van der Waals surface area contributed by atoms with Gasteiger partial charge in [0.1, 0.15) is 0 Å². The quantitative estimate of drug-likeness (QED) is 0.877. The van der Waals surface area contributed by atoms with E-state index in [4.69, 9.17) is 0 Å². The summed E-state index contributed by atoms with van der Waals surface area (Å²) < 4.78 is 26.3. The van der Waals surface area contributed by atoms with Gasteiger partial charge in [0.2, 0.25) is 0 Å². The van der Waals surface area contributed by atoms with Crippen LogP contribution in [0.15, 0.2) is 30.3 Å². The number of thiophene rings is 1. The topological polar surface area (TPSA) is 12.0 Å². The molecule has 0 aliphatic rings. The van der Waals surface area contributed by atoms with Gasteiger partial charge in [0.25, 0.3) is 0 Å². The van der Waals surface area contributed by atoms with E-state index in [-0.39, 0.29) is 0 Å². The second-order valence-electron chi connectivity index (χ2n) is 3.83. The van der Waals surface area contributed by atoms with Crippen LogP contribution in [0.25, 0.3) is 0 Å². The van der Waals surface area contributed by atoms with E-state index >= 15 is 0 Å². The first-order valence-electron chi connectivity index (χ1n) is 5.36. The van der Waals surface area contributed by atoms with Gasteiger partial charge in [0.15, 0.2) is 11.6 Å². The van der Waals surface area contributed by atoms with Crippen molar-refractivity contribution in [3.05, 3.63) is 57.3 Å². The number of rotatable bonds is 4. The van der Waals surface area contributed by atoms with Crippen molar-refractivity contribution in [1.29, 1.82) is 0 Å². The van der Waals surface area contributed by atoms with Gasteiger partial charge in [-0.25, -0.2) is 8.78 Å². The molecule has 1 nitrogen and oxygen atoms in total. The zero-order valence-corrected chi connectivity index (χ0v) is 10.3. The number of hydrogen-bond donors (Lipinski definition) is 1. The lowest BCUT2D eigenvalue weighted by Gasteiger charge is -2.05. The van der Waals surface area contributed by atoms with E-state index < -0.39 is 11.6 Å². The SMILES string of the molecule is Cc1ccc(CNCc2cccc(F)c2F)s1. The molecule has 90 valence electrons. The van der Waals surface area contributed by atoms with Gasteiger partial charge in [0, 0.05) is 28.4 Å². The summed E-state index contributed by atoms with van der Waals surface area (Å²) in [6, 6.07) is 8.32. The van der Waals surface area contributed by atoms with Gasteiger partial charge in [-0.05, 0) is 25.1 Å². The first-order valence-corrected chi connectivity index (χ1v) is 6.17. The van der Waals surface area contributed by atoms with E-state index in [0.29, 0.717) is 18.7 Å². The van der Waals surface area contributed by atoms with Crippen molar-refractivity contribution in [1.82, 2.24) is 5.32 Å². The Kier molecular flexibility index (Phi) is 3.86. The first kappa shape index (κ1) is 12.2. The second-order valence-corrected chi connectivity index (χ2v) is 5.20. The second kappa shape index (κ2) is 5.38. The van der Waals surface area contributed by atoms with E-state index in [1.54, 1.807) is 17.4 Å².